The number of nitrogens with zero attached hydrogens (tertiary/aromatic N) is 4. The van der Waals surface area contributed by atoms with Crippen LogP contribution >= 0.6 is 0 Å². The molecule has 1 N–H and O–H groups in total. The van der Waals surface area contributed by atoms with E-state index in [1.54, 1.807) is 31.2 Å². The summed E-state index contributed by atoms with van der Waals surface area (Å²) < 4.78 is 39.2. The predicted molar refractivity (Wildman–Crippen MR) is 90.5 cm³/mol. The molecule has 1 amide bonds. The van der Waals surface area contributed by atoms with Crippen molar-refractivity contribution in [1.82, 2.24) is 19.6 Å². The molecule has 3 aromatic rings. The highest BCUT2D eigenvalue weighted by molar-refractivity contribution is 5.86. The number of fused-ring (bicyclic) bond motifs is 1. The van der Waals surface area contributed by atoms with Crippen molar-refractivity contribution in [2.45, 2.75) is 25.9 Å². The first-order valence-electron chi connectivity index (χ1n) is 7.99. The predicted octanol–water partition coefficient (Wildman–Crippen LogP) is 2.08. The van der Waals surface area contributed by atoms with Crippen molar-refractivity contribution >= 4 is 16.9 Å². The highest BCUT2D eigenvalue weighted by atomic mass is 19.4. The molecule has 0 aliphatic carbocycles. The van der Waals surface area contributed by atoms with E-state index in [0.717, 1.165) is 16.4 Å². The summed E-state index contributed by atoms with van der Waals surface area (Å²) in [5.41, 5.74) is 2.07. The van der Waals surface area contributed by atoms with Gasteiger partial charge in [0.15, 0.2) is 5.65 Å². The summed E-state index contributed by atoms with van der Waals surface area (Å²) in [5, 5.41) is -0.222. The number of nitrogens with one attached hydrogen (secondary N) is 1. The number of hydrogen-bond acceptors (Lipinski definition) is 5. The average molecular weight is 377 g/mol. The molecule has 10 heteroatoms. The molecule has 0 unspecified atom stereocenters. The second kappa shape index (κ2) is 7.14. The quantitative estimate of drug-likeness (QED) is 0.752. The number of benzene rings is 1. The summed E-state index contributed by atoms with van der Waals surface area (Å²) in [4.78, 5) is 35.3. The van der Waals surface area contributed by atoms with E-state index in [0.29, 0.717) is 0 Å². The zero-order valence-corrected chi connectivity index (χ0v) is 14.1. The number of alkyl halides is 3. The lowest BCUT2D eigenvalue weighted by molar-refractivity contribution is -0.144. The molecule has 27 heavy (non-hydrogen) atoms. The second-order valence-corrected chi connectivity index (χ2v) is 5.65. The summed E-state index contributed by atoms with van der Waals surface area (Å²) in [6, 6.07) is 8.88. The summed E-state index contributed by atoms with van der Waals surface area (Å²) >= 11 is 0. The van der Waals surface area contributed by atoms with Gasteiger partial charge in [0.2, 0.25) is 11.7 Å². The van der Waals surface area contributed by atoms with E-state index < -0.39 is 23.5 Å². The lowest BCUT2D eigenvalue weighted by Crippen LogP contribution is -2.37. The Labute approximate surface area is 150 Å². The molecule has 0 radical (unpaired) electrons. The van der Waals surface area contributed by atoms with Crippen molar-refractivity contribution in [2.24, 2.45) is 0 Å². The van der Waals surface area contributed by atoms with Gasteiger partial charge in [0, 0.05) is 12.6 Å². The topological polar surface area (TPSA) is 89.8 Å². The number of amides is 1. The molecule has 0 saturated heterocycles. The monoisotopic (exact) mass is 377 g/mol. The summed E-state index contributed by atoms with van der Waals surface area (Å²) in [7, 11) is 0. The minimum absolute atomic E-state index is 0.0258. The van der Waals surface area contributed by atoms with E-state index in [1.165, 1.54) is 0 Å². The maximum atomic E-state index is 12.8. The minimum atomic E-state index is -4.75. The molecule has 1 aromatic carbocycles. The smallest absolute Gasteiger partial charge is 0.273 e. The summed E-state index contributed by atoms with van der Waals surface area (Å²) in [6.45, 7) is 1.65. The van der Waals surface area contributed by atoms with Crippen LogP contribution in [0.15, 0.2) is 41.3 Å². The fourth-order valence-corrected chi connectivity index (χ4v) is 2.45. The molecule has 2 heterocycles. The summed E-state index contributed by atoms with van der Waals surface area (Å²) in [5.74, 6) is -1.76. The third kappa shape index (κ3) is 3.94. The number of carbonyl (C=O) groups is 1. The molecule has 7 nitrogen and oxygen atoms in total. The van der Waals surface area contributed by atoms with E-state index in [4.69, 9.17) is 0 Å². The van der Waals surface area contributed by atoms with Gasteiger partial charge in [-0.2, -0.15) is 13.2 Å². The molecule has 0 aliphatic heterocycles. The van der Waals surface area contributed by atoms with Gasteiger partial charge in [-0.05, 0) is 5.56 Å². The van der Waals surface area contributed by atoms with Crippen molar-refractivity contribution in [3.05, 3.63) is 64.1 Å². The Morgan fingerprint density at radius 1 is 1.19 bits per heavy atom. The highest BCUT2D eigenvalue weighted by Crippen LogP contribution is 2.26. The van der Waals surface area contributed by atoms with E-state index in [9.17, 15) is 22.8 Å². The van der Waals surface area contributed by atoms with Crippen molar-refractivity contribution in [1.29, 1.82) is 0 Å². The fraction of sp³-hybridized carbons (Fsp3) is 0.235. The molecule has 140 valence electrons. The van der Waals surface area contributed by atoms with Crippen LogP contribution in [0.2, 0.25) is 0 Å². The third-order valence-corrected chi connectivity index (χ3v) is 3.71. The molecule has 0 bridgehead atoms. The Bertz CT molecular complexity index is 1050. The van der Waals surface area contributed by atoms with E-state index >= 15 is 0 Å². The Morgan fingerprint density at radius 3 is 2.52 bits per heavy atom. The Morgan fingerprint density at radius 2 is 1.89 bits per heavy atom. The zero-order chi connectivity index (χ0) is 19.6. The fourth-order valence-electron chi connectivity index (χ4n) is 2.45. The van der Waals surface area contributed by atoms with Gasteiger partial charge in [-0.25, -0.2) is 19.6 Å². The summed E-state index contributed by atoms with van der Waals surface area (Å²) in [6.07, 6.45) is -3.76. The molecule has 3 rings (SSSR count). The van der Waals surface area contributed by atoms with Crippen LogP contribution in [0.4, 0.5) is 13.2 Å². The molecule has 0 fully saturated rings. The number of aryl methyl sites for hydroxylation is 1. The van der Waals surface area contributed by atoms with Gasteiger partial charge < -0.3 is 0 Å². The zero-order valence-electron chi connectivity index (χ0n) is 14.1. The first kappa shape index (κ1) is 18.5. The molecular weight excluding hydrogens is 363 g/mol. The van der Waals surface area contributed by atoms with Crippen LogP contribution in [0, 0.1) is 0 Å². The lowest BCUT2D eigenvalue weighted by atomic mass is 10.1. The second-order valence-electron chi connectivity index (χ2n) is 5.65. The van der Waals surface area contributed by atoms with Gasteiger partial charge in [-0.1, -0.05) is 37.3 Å². The third-order valence-electron chi connectivity index (χ3n) is 3.71. The Balaban J connectivity index is 1.99. The van der Waals surface area contributed by atoms with Crippen LogP contribution < -0.4 is 11.0 Å². The SMILES string of the molecule is CCc1nc2nc(C(F)(F)F)ncc2c(=O)n1NC(=O)Cc1ccccc1. The van der Waals surface area contributed by atoms with Crippen LogP contribution in [0.25, 0.3) is 11.0 Å². The highest BCUT2D eigenvalue weighted by Gasteiger charge is 2.35. The van der Waals surface area contributed by atoms with Crippen LogP contribution in [-0.2, 0) is 23.8 Å². The van der Waals surface area contributed by atoms with E-state index in [1.807, 2.05) is 6.07 Å². The van der Waals surface area contributed by atoms with Gasteiger partial charge in [0.05, 0.1) is 6.42 Å². The normalized spacial score (nSPS) is 11.6. The molecule has 2 aromatic heterocycles. The molecule has 0 aliphatic rings. The largest absolute Gasteiger partial charge is 0.451 e. The van der Waals surface area contributed by atoms with E-state index in [2.05, 4.69) is 20.4 Å². The molecule has 0 saturated carbocycles. The minimum Gasteiger partial charge on any atom is -0.273 e. The van der Waals surface area contributed by atoms with Crippen molar-refractivity contribution in [3.63, 3.8) is 0 Å². The van der Waals surface area contributed by atoms with Gasteiger partial charge in [0.1, 0.15) is 11.2 Å². The van der Waals surface area contributed by atoms with Gasteiger partial charge in [0.25, 0.3) is 5.56 Å². The van der Waals surface area contributed by atoms with Crippen molar-refractivity contribution in [3.8, 4) is 0 Å². The van der Waals surface area contributed by atoms with E-state index in [-0.39, 0.29) is 29.7 Å². The van der Waals surface area contributed by atoms with Crippen molar-refractivity contribution < 1.29 is 18.0 Å². The first-order chi connectivity index (χ1) is 12.8. The lowest BCUT2D eigenvalue weighted by Gasteiger charge is -2.13. The van der Waals surface area contributed by atoms with Crippen molar-refractivity contribution in [2.75, 3.05) is 5.43 Å². The van der Waals surface area contributed by atoms with Crippen LogP contribution in [0.1, 0.15) is 24.1 Å². The molecule has 0 spiro atoms. The maximum Gasteiger partial charge on any atom is 0.451 e. The number of hydrogen-bond donors (Lipinski definition) is 1. The van der Waals surface area contributed by atoms with Crippen LogP contribution in [-0.4, -0.2) is 25.5 Å². The molecule has 0 atom stereocenters. The number of aromatic nitrogens is 4. The first-order valence-corrected chi connectivity index (χ1v) is 7.99. The Hall–Kier alpha value is -3.30. The van der Waals surface area contributed by atoms with Crippen LogP contribution in [0.3, 0.4) is 0 Å². The Kier molecular flexibility index (Phi) is 4.89. The van der Waals surface area contributed by atoms with Gasteiger partial charge in [-0.15, -0.1) is 0 Å². The number of rotatable bonds is 4. The van der Waals surface area contributed by atoms with Crippen LogP contribution in [0.5, 0.6) is 0 Å². The number of carbonyl (C=O) groups excluding carboxylic acids is 1. The molecular formula is C17H14F3N5O2. The van der Waals surface area contributed by atoms with Gasteiger partial charge in [-0.3, -0.25) is 15.0 Å². The average Bonchev–Trinajstić information content (AvgIpc) is 2.63. The maximum absolute atomic E-state index is 12.8. The number of halogens is 3. The van der Waals surface area contributed by atoms with Gasteiger partial charge >= 0.3 is 6.18 Å². The standard InChI is InChI=1S/C17H14F3N5O2/c1-2-12-22-14-11(9-21-16(23-14)17(18,19)20)15(27)25(12)24-13(26)8-10-6-4-3-5-7-10/h3-7,9H,2,8H2,1H3,(H,24,26).